The Morgan fingerprint density at radius 1 is 1.38 bits per heavy atom. The molecule has 0 spiro atoms. The minimum atomic E-state index is 0.451. The van der Waals surface area contributed by atoms with Crippen LogP contribution >= 0.6 is 38.5 Å². The SMILES string of the molecule is Brc1cccc(I)c1OC1CCC1. The van der Waals surface area contributed by atoms with Gasteiger partial charge in [0.05, 0.1) is 14.1 Å². The zero-order chi connectivity index (χ0) is 9.26. The molecule has 1 aromatic carbocycles. The molecule has 0 aromatic heterocycles. The maximum Gasteiger partial charge on any atom is 0.147 e. The first kappa shape index (κ1) is 9.77. The highest BCUT2D eigenvalue weighted by molar-refractivity contribution is 14.1. The predicted octanol–water partition coefficient (Wildman–Crippen LogP) is 3.99. The fourth-order valence-electron chi connectivity index (χ4n) is 1.25. The number of ether oxygens (including phenoxy) is 1. The van der Waals surface area contributed by atoms with E-state index in [9.17, 15) is 0 Å². The van der Waals surface area contributed by atoms with E-state index in [0.717, 1.165) is 10.2 Å². The Bertz CT molecular complexity index is 290. The van der Waals surface area contributed by atoms with Crippen LogP contribution in [0.25, 0.3) is 0 Å². The van der Waals surface area contributed by atoms with Gasteiger partial charge in [-0.25, -0.2) is 0 Å². The van der Waals surface area contributed by atoms with Crippen LogP contribution in [0.1, 0.15) is 19.3 Å². The smallest absolute Gasteiger partial charge is 0.147 e. The molecule has 0 heterocycles. The average Bonchev–Trinajstić information content (AvgIpc) is 2.00. The van der Waals surface area contributed by atoms with Crippen LogP contribution in [0.4, 0.5) is 0 Å². The molecule has 0 bridgehead atoms. The van der Waals surface area contributed by atoms with Crippen molar-refractivity contribution in [2.75, 3.05) is 0 Å². The Kier molecular flexibility index (Phi) is 3.14. The van der Waals surface area contributed by atoms with Gasteiger partial charge < -0.3 is 4.74 Å². The molecule has 0 amide bonds. The summed E-state index contributed by atoms with van der Waals surface area (Å²) < 4.78 is 8.10. The molecule has 0 aliphatic heterocycles. The van der Waals surface area contributed by atoms with Gasteiger partial charge in [-0.2, -0.15) is 0 Å². The highest BCUT2D eigenvalue weighted by Crippen LogP contribution is 2.34. The molecule has 1 nitrogen and oxygen atoms in total. The summed E-state index contributed by atoms with van der Waals surface area (Å²) in [5, 5.41) is 0. The van der Waals surface area contributed by atoms with Gasteiger partial charge in [0, 0.05) is 0 Å². The van der Waals surface area contributed by atoms with Gasteiger partial charge in [-0.1, -0.05) is 6.07 Å². The van der Waals surface area contributed by atoms with Crippen molar-refractivity contribution < 1.29 is 4.74 Å². The molecule has 1 aliphatic carbocycles. The molecule has 2 rings (SSSR count). The quantitative estimate of drug-likeness (QED) is 0.731. The number of para-hydroxylation sites is 1. The van der Waals surface area contributed by atoms with Crippen LogP contribution in [-0.4, -0.2) is 6.10 Å². The second kappa shape index (κ2) is 4.17. The van der Waals surface area contributed by atoms with E-state index in [2.05, 4.69) is 44.6 Å². The molecule has 0 saturated heterocycles. The summed E-state index contributed by atoms with van der Waals surface area (Å²) in [6, 6.07) is 6.12. The van der Waals surface area contributed by atoms with Crippen LogP contribution in [0.5, 0.6) is 5.75 Å². The van der Waals surface area contributed by atoms with Gasteiger partial charge in [-0.3, -0.25) is 0 Å². The fraction of sp³-hybridized carbons (Fsp3) is 0.400. The van der Waals surface area contributed by atoms with Crippen LogP contribution in [-0.2, 0) is 0 Å². The molecular weight excluding hydrogens is 343 g/mol. The van der Waals surface area contributed by atoms with Crippen molar-refractivity contribution in [3.8, 4) is 5.75 Å². The van der Waals surface area contributed by atoms with Crippen LogP contribution in [0.15, 0.2) is 22.7 Å². The molecule has 1 saturated carbocycles. The third-order valence-electron chi connectivity index (χ3n) is 2.26. The largest absolute Gasteiger partial charge is 0.488 e. The van der Waals surface area contributed by atoms with Gasteiger partial charge in [0.25, 0.3) is 0 Å². The van der Waals surface area contributed by atoms with E-state index < -0.39 is 0 Å². The number of halogens is 2. The molecule has 0 N–H and O–H groups in total. The van der Waals surface area contributed by atoms with Crippen molar-refractivity contribution >= 4 is 38.5 Å². The normalized spacial score (nSPS) is 16.8. The molecule has 1 aliphatic rings. The van der Waals surface area contributed by atoms with Crippen molar-refractivity contribution in [2.24, 2.45) is 0 Å². The lowest BCUT2D eigenvalue weighted by atomic mass is 9.96. The van der Waals surface area contributed by atoms with Crippen molar-refractivity contribution in [3.63, 3.8) is 0 Å². The zero-order valence-electron chi connectivity index (χ0n) is 7.09. The highest BCUT2D eigenvalue weighted by Gasteiger charge is 2.20. The minimum absolute atomic E-state index is 0.451. The van der Waals surface area contributed by atoms with Crippen molar-refractivity contribution in [1.29, 1.82) is 0 Å². The molecule has 3 heteroatoms. The summed E-state index contributed by atoms with van der Waals surface area (Å²) in [5.74, 6) is 1.01. The Hall–Kier alpha value is 0.230. The van der Waals surface area contributed by atoms with Crippen LogP contribution < -0.4 is 4.74 Å². The number of hydrogen-bond acceptors (Lipinski definition) is 1. The lowest BCUT2D eigenvalue weighted by Gasteiger charge is -2.27. The standard InChI is InChI=1S/C10H10BrIO/c11-8-5-2-6-9(12)10(8)13-7-3-1-4-7/h2,5-7H,1,3-4H2. The van der Waals surface area contributed by atoms with E-state index in [4.69, 9.17) is 4.74 Å². The molecule has 13 heavy (non-hydrogen) atoms. The van der Waals surface area contributed by atoms with Crippen LogP contribution in [0, 0.1) is 3.57 Å². The molecule has 70 valence electrons. The Morgan fingerprint density at radius 2 is 2.15 bits per heavy atom. The Labute approximate surface area is 100 Å². The first-order valence-corrected chi connectivity index (χ1v) is 6.25. The van der Waals surface area contributed by atoms with Crippen LogP contribution in [0.2, 0.25) is 0 Å². The molecular formula is C10H10BrIO. The van der Waals surface area contributed by atoms with Crippen molar-refractivity contribution in [2.45, 2.75) is 25.4 Å². The predicted molar refractivity (Wildman–Crippen MR) is 65.1 cm³/mol. The monoisotopic (exact) mass is 352 g/mol. The van der Waals surface area contributed by atoms with E-state index in [0.29, 0.717) is 6.10 Å². The topological polar surface area (TPSA) is 9.23 Å². The van der Waals surface area contributed by atoms with E-state index in [1.165, 1.54) is 22.8 Å². The molecule has 1 fully saturated rings. The van der Waals surface area contributed by atoms with E-state index in [1.54, 1.807) is 0 Å². The summed E-state index contributed by atoms with van der Waals surface area (Å²) >= 11 is 5.80. The highest BCUT2D eigenvalue weighted by atomic mass is 127. The van der Waals surface area contributed by atoms with Gasteiger partial charge in [-0.05, 0) is 69.9 Å². The van der Waals surface area contributed by atoms with Gasteiger partial charge in [-0.15, -0.1) is 0 Å². The zero-order valence-corrected chi connectivity index (χ0v) is 10.8. The second-order valence-corrected chi connectivity index (χ2v) is 5.24. The van der Waals surface area contributed by atoms with Crippen molar-refractivity contribution in [3.05, 3.63) is 26.2 Å². The first-order valence-electron chi connectivity index (χ1n) is 4.38. The van der Waals surface area contributed by atoms with Gasteiger partial charge in [0.15, 0.2) is 0 Å². The molecule has 1 aromatic rings. The lowest BCUT2D eigenvalue weighted by molar-refractivity contribution is 0.118. The third-order valence-corrected chi connectivity index (χ3v) is 3.73. The average molecular weight is 353 g/mol. The van der Waals surface area contributed by atoms with Crippen molar-refractivity contribution in [1.82, 2.24) is 0 Å². The van der Waals surface area contributed by atoms with Crippen LogP contribution in [0.3, 0.4) is 0 Å². The summed E-state index contributed by atoms with van der Waals surface area (Å²) in [6.07, 6.45) is 4.17. The number of benzene rings is 1. The Morgan fingerprint density at radius 3 is 2.69 bits per heavy atom. The van der Waals surface area contributed by atoms with Gasteiger partial charge in [0.2, 0.25) is 0 Å². The maximum absolute atomic E-state index is 5.86. The summed E-state index contributed by atoms with van der Waals surface area (Å²) in [7, 11) is 0. The molecule has 0 unspecified atom stereocenters. The fourth-order valence-corrected chi connectivity index (χ4v) is 2.71. The van der Waals surface area contributed by atoms with E-state index in [-0.39, 0.29) is 0 Å². The minimum Gasteiger partial charge on any atom is -0.488 e. The maximum atomic E-state index is 5.86. The number of hydrogen-bond donors (Lipinski definition) is 0. The lowest BCUT2D eigenvalue weighted by Crippen LogP contribution is -2.25. The van der Waals surface area contributed by atoms with E-state index >= 15 is 0 Å². The summed E-state index contributed by atoms with van der Waals surface area (Å²) in [6.45, 7) is 0. The summed E-state index contributed by atoms with van der Waals surface area (Å²) in [5.41, 5.74) is 0. The molecule has 0 atom stereocenters. The van der Waals surface area contributed by atoms with Gasteiger partial charge >= 0.3 is 0 Å². The Balaban J connectivity index is 2.17. The third kappa shape index (κ3) is 2.18. The first-order chi connectivity index (χ1) is 6.27. The second-order valence-electron chi connectivity index (χ2n) is 3.22. The van der Waals surface area contributed by atoms with Gasteiger partial charge in [0.1, 0.15) is 5.75 Å². The molecule has 0 radical (unpaired) electrons. The van der Waals surface area contributed by atoms with E-state index in [1.807, 2.05) is 12.1 Å². The summed E-state index contributed by atoms with van der Waals surface area (Å²) in [4.78, 5) is 0. The number of rotatable bonds is 2.